The van der Waals surface area contributed by atoms with Crippen LogP contribution < -0.4 is 10.2 Å². The van der Waals surface area contributed by atoms with E-state index in [0.717, 1.165) is 11.4 Å². The van der Waals surface area contributed by atoms with Crippen molar-refractivity contribution < 1.29 is 0 Å². The molecule has 6 unspecified atom stereocenters. The Kier molecular flexibility index (Phi) is 7.54. The molecule has 2 heteroatoms. The molecule has 0 radical (unpaired) electrons. The molecule has 0 amide bonds. The summed E-state index contributed by atoms with van der Waals surface area (Å²) in [6.45, 7) is 4.88. The minimum Gasteiger partial charge on any atom is -0.356 e. The van der Waals surface area contributed by atoms with Gasteiger partial charge in [-0.05, 0) is 87.0 Å². The summed E-state index contributed by atoms with van der Waals surface area (Å²) in [5, 5.41) is 3.97. The van der Waals surface area contributed by atoms with Crippen LogP contribution in [0.1, 0.15) is 76.8 Å². The minimum atomic E-state index is 0.0618. The van der Waals surface area contributed by atoms with Gasteiger partial charge in [0.1, 0.15) is 0 Å². The van der Waals surface area contributed by atoms with Gasteiger partial charge in [0.05, 0.1) is 11.4 Å². The predicted octanol–water partition coefficient (Wildman–Crippen LogP) is 13.9. The van der Waals surface area contributed by atoms with Gasteiger partial charge in [-0.15, -0.1) is 0 Å². The quantitative estimate of drug-likeness (QED) is 0.182. The molecule has 0 heterocycles. The van der Waals surface area contributed by atoms with Crippen molar-refractivity contribution in [1.82, 2.24) is 5.32 Å². The first kappa shape index (κ1) is 34.4. The smallest absolute Gasteiger partial charge is 0.0540 e. The highest BCUT2D eigenvalue weighted by molar-refractivity contribution is 5.89. The average molecular weight is 759 g/mol. The SMILES string of the molecule is CC1(C)c2ccccc2C2C3=CC(NC4=CC5c6cccc(N(c7ccccc7)c7ccccc7-c7ccccc7)c6C6C=CC=CC6c6ccccc6C5C=C4)=CC321. The van der Waals surface area contributed by atoms with Crippen LogP contribution in [0.15, 0.2) is 223 Å². The highest BCUT2D eigenvalue weighted by atomic mass is 15.1. The van der Waals surface area contributed by atoms with Gasteiger partial charge in [0.2, 0.25) is 0 Å². The van der Waals surface area contributed by atoms with Gasteiger partial charge in [0.25, 0.3) is 0 Å². The maximum Gasteiger partial charge on any atom is 0.0540 e. The third-order valence-electron chi connectivity index (χ3n) is 14.5. The maximum absolute atomic E-state index is 3.97. The van der Waals surface area contributed by atoms with Crippen LogP contribution in [0.4, 0.5) is 17.1 Å². The van der Waals surface area contributed by atoms with Gasteiger partial charge in [0, 0.05) is 63.1 Å². The minimum absolute atomic E-state index is 0.0618. The normalized spacial score (nSPS) is 25.6. The van der Waals surface area contributed by atoms with Crippen molar-refractivity contribution >= 4 is 17.1 Å². The summed E-state index contributed by atoms with van der Waals surface area (Å²) in [5.41, 5.74) is 18.6. The van der Waals surface area contributed by atoms with Crippen LogP contribution in [0.5, 0.6) is 0 Å². The fourth-order valence-electron chi connectivity index (χ4n) is 11.9. The van der Waals surface area contributed by atoms with E-state index in [1.165, 1.54) is 61.6 Å². The van der Waals surface area contributed by atoms with E-state index in [9.17, 15) is 0 Å². The number of fused-ring (bicyclic) bond motifs is 11. The fourth-order valence-corrected chi connectivity index (χ4v) is 11.9. The molecule has 59 heavy (non-hydrogen) atoms. The molecule has 0 bridgehead atoms. The molecular formula is C57H46N2. The van der Waals surface area contributed by atoms with Crippen LogP contribution in [-0.4, -0.2) is 0 Å². The molecule has 1 saturated carbocycles. The zero-order valence-electron chi connectivity index (χ0n) is 33.5. The molecule has 6 aliphatic rings. The standard InChI is InChI=1S/C57H46N2/c1-56(2)50-29-15-13-27-48(50)55-51-35-39(36-57(51,55)56)58-38-32-33-45-43-24-10-9-23-42(43)44-25-11-12-26-46(44)54-47(49(45)34-38)28-17-31-53(54)59(40-20-7-4-8-21-40)52-30-16-14-22-41(52)37-18-5-3-6-19-37/h3-36,44-46,49,55,58H,1-2H3. The molecule has 1 N–H and O–H groups in total. The van der Waals surface area contributed by atoms with Crippen molar-refractivity contribution in [1.29, 1.82) is 0 Å². The van der Waals surface area contributed by atoms with E-state index in [1.807, 2.05) is 0 Å². The van der Waals surface area contributed by atoms with Crippen LogP contribution in [0, 0.1) is 5.41 Å². The van der Waals surface area contributed by atoms with Crippen molar-refractivity contribution in [3.05, 3.63) is 257 Å². The van der Waals surface area contributed by atoms with E-state index in [0.29, 0.717) is 5.92 Å². The summed E-state index contributed by atoms with van der Waals surface area (Å²) in [4.78, 5) is 2.52. The van der Waals surface area contributed by atoms with Gasteiger partial charge < -0.3 is 10.2 Å². The summed E-state index contributed by atoms with van der Waals surface area (Å²) >= 11 is 0. The number of benzene rings is 6. The molecule has 284 valence electrons. The molecule has 6 aliphatic carbocycles. The topological polar surface area (TPSA) is 15.3 Å². The van der Waals surface area contributed by atoms with Crippen molar-refractivity contribution in [2.75, 3.05) is 4.90 Å². The number of allylic oxidation sites excluding steroid dienone is 10. The van der Waals surface area contributed by atoms with Gasteiger partial charge in [-0.25, -0.2) is 0 Å². The molecule has 1 spiro atoms. The van der Waals surface area contributed by atoms with Crippen molar-refractivity contribution in [2.45, 2.75) is 48.9 Å². The van der Waals surface area contributed by atoms with Gasteiger partial charge >= 0.3 is 0 Å². The van der Waals surface area contributed by atoms with Crippen LogP contribution >= 0.6 is 0 Å². The summed E-state index contributed by atoms with van der Waals surface area (Å²) in [7, 11) is 0. The van der Waals surface area contributed by atoms with E-state index in [2.05, 4.69) is 230 Å². The molecule has 1 fully saturated rings. The Morgan fingerprint density at radius 1 is 0.525 bits per heavy atom. The second kappa shape index (κ2) is 12.9. The van der Waals surface area contributed by atoms with E-state index < -0.39 is 0 Å². The van der Waals surface area contributed by atoms with E-state index >= 15 is 0 Å². The second-order valence-corrected chi connectivity index (χ2v) is 17.7. The number of hydrogen-bond acceptors (Lipinski definition) is 2. The summed E-state index contributed by atoms with van der Waals surface area (Å²) < 4.78 is 0. The second-order valence-electron chi connectivity index (χ2n) is 17.7. The Balaban J connectivity index is 1.03. The molecule has 0 aliphatic heterocycles. The highest BCUT2D eigenvalue weighted by Crippen LogP contribution is 2.81. The Morgan fingerprint density at radius 3 is 1.95 bits per heavy atom. The number of para-hydroxylation sites is 2. The van der Waals surface area contributed by atoms with Crippen LogP contribution in [0.2, 0.25) is 0 Å². The van der Waals surface area contributed by atoms with E-state index in [4.69, 9.17) is 0 Å². The lowest BCUT2D eigenvalue weighted by Gasteiger charge is -2.40. The molecular weight excluding hydrogens is 713 g/mol. The number of nitrogens with one attached hydrogen (secondary N) is 1. The lowest BCUT2D eigenvalue weighted by Crippen LogP contribution is -2.27. The molecule has 0 saturated heterocycles. The number of hydrogen-bond donors (Lipinski definition) is 1. The first-order chi connectivity index (χ1) is 29.0. The molecule has 0 aromatic heterocycles. The maximum atomic E-state index is 3.97. The van der Waals surface area contributed by atoms with Crippen LogP contribution in [0.25, 0.3) is 11.1 Å². The van der Waals surface area contributed by atoms with Crippen molar-refractivity contribution in [3.63, 3.8) is 0 Å². The number of anilines is 3. The van der Waals surface area contributed by atoms with Gasteiger partial charge in [-0.2, -0.15) is 0 Å². The van der Waals surface area contributed by atoms with Gasteiger partial charge in [-0.1, -0.05) is 178 Å². The van der Waals surface area contributed by atoms with Crippen LogP contribution in [0.3, 0.4) is 0 Å². The largest absolute Gasteiger partial charge is 0.356 e. The zero-order chi connectivity index (χ0) is 39.3. The Hall–Kier alpha value is -6.64. The first-order valence-corrected chi connectivity index (χ1v) is 21.3. The van der Waals surface area contributed by atoms with E-state index in [-0.39, 0.29) is 34.5 Å². The van der Waals surface area contributed by atoms with E-state index in [1.54, 1.807) is 5.57 Å². The monoisotopic (exact) mass is 758 g/mol. The summed E-state index contributed by atoms with van der Waals surface area (Å²) in [5.74, 6) is 1.14. The van der Waals surface area contributed by atoms with Crippen molar-refractivity contribution in [3.8, 4) is 11.1 Å². The van der Waals surface area contributed by atoms with Crippen LogP contribution in [-0.2, 0) is 5.41 Å². The van der Waals surface area contributed by atoms with Gasteiger partial charge in [0.15, 0.2) is 0 Å². The molecule has 6 atom stereocenters. The Labute approximate surface area is 348 Å². The molecule has 2 nitrogen and oxygen atoms in total. The summed E-state index contributed by atoms with van der Waals surface area (Å²) in [6, 6.07) is 56.1. The third-order valence-corrected chi connectivity index (χ3v) is 14.5. The van der Waals surface area contributed by atoms with Gasteiger partial charge in [-0.3, -0.25) is 0 Å². The average Bonchev–Trinajstić information content (AvgIpc) is 3.66. The lowest BCUT2D eigenvalue weighted by molar-refractivity contribution is 0.394. The molecule has 6 aromatic rings. The predicted molar refractivity (Wildman–Crippen MR) is 243 cm³/mol. The fraction of sp³-hybridized carbons (Fsp3) is 0.158. The highest BCUT2D eigenvalue weighted by Gasteiger charge is 2.73. The third kappa shape index (κ3) is 4.99. The zero-order valence-corrected chi connectivity index (χ0v) is 33.5. The Bertz CT molecular complexity index is 2870. The molecule has 6 aromatic carbocycles. The van der Waals surface area contributed by atoms with Crippen molar-refractivity contribution in [2.24, 2.45) is 5.41 Å². The first-order valence-electron chi connectivity index (χ1n) is 21.3. The Morgan fingerprint density at radius 2 is 1.15 bits per heavy atom. The molecule has 12 rings (SSSR count). The number of nitrogens with zero attached hydrogens (tertiary/aromatic N) is 1. The lowest BCUT2D eigenvalue weighted by atomic mass is 9.65. The summed E-state index contributed by atoms with van der Waals surface area (Å²) in [6.07, 6.45) is 21.8. The number of rotatable bonds is 6.